The molecule has 2 rings (SSSR count). The lowest BCUT2D eigenvalue weighted by Gasteiger charge is -2.25. The van der Waals surface area contributed by atoms with Crippen molar-refractivity contribution in [2.45, 2.75) is 26.2 Å². The number of nitrogens with zero attached hydrogens (tertiary/aromatic N) is 1. The van der Waals surface area contributed by atoms with Gasteiger partial charge in [-0.05, 0) is 50.9 Å². The second-order valence-electron chi connectivity index (χ2n) is 5.87. The average Bonchev–Trinajstić information content (AvgIpc) is 2.50. The summed E-state index contributed by atoms with van der Waals surface area (Å²) in [6.45, 7) is 5.31. The molecular weight excluding hydrogens is 264 g/mol. The molecule has 0 saturated carbocycles. The summed E-state index contributed by atoms with van der Waals surface area (Å²) in [5, 5.41) is 3.33. The third-order valence-corrected chi connectivity index (χ3v) is 4.06. The minimum Gasteiger partial charge on any atom is -0.492 e. The lowest BCUT2D eigenvalue weighted by atomic mass is 9.94. The van der Waals surface area contributed by atoms with E-state index in [9.17, 15) is 4.79 Å². The van der Waals surface area contributed by atoms with Crippen molar-refractivity contribution in [2.75, 3.05) is 33.3 Å². The Hall–Kier alpha value is -1.55. The van der Waals surface area contributed by atoms with Gasteiger partial charge in [0.2, 0.25) is 5.91 Å². The summed E-state index contributed by atoms with van der Waals surface area (Å²) in [5.74, 6) is 1.63. The van der Waals surface area contributed by atoms with Gasteiger partial charge in [0.05, 0.1) is 6.54 Å². The molecule has 4 heteroatoms. The molecule has 116 valence electrons. The number of aryl methyl sites for hydroxylation is 1. The molecule has 1 aliphatic heterocycles. The number of carbonyl (C=O) groups is 1. The molecule has 1 heterocycles. The molecule has 0 bridgehead atoms. The molecule has 1 amide bonds. The first-order chi connectivity index (χ1) is 10.1. The van der Waals surface area contributed by atoms with Gasteiger partial charge in [-0.3, -0.25) is 4.79 Å². The van der Waals surface area contributed by atoms with Crippen molar-refractivity contribution in [3.05, 3.63) is 29.8 Å². The molecule has 1 saturated heterocycles. The molecule has 1 aliphatic rings. The van der Waals surface area contributed by atoms with Crippen LogP contribution in [-0.2, 0) is 4.79 Å². The van der Waals surface area contributed by atoms with Gasteiger partial charge in [0.1, 0.15) is 12.4 Å². The lowest BCUT2D eigenvalue weighted by Crippen LogP contribution is -2.35. The molecular formula is C17H26N2O2. The number of benzene rings is 1. The number of hydrogen-bond donors (Lipinski definition) is 1. The van der Waals surface area contributed by atoms with Crippen LogP contribution in [0.3, 0.4) is 0 Å². The van der Waals surface area contributed by atoms with Gasteiger partial charge in [0.15, 0.2) is 0 Å². The second kappa shape index (κ2) is 8.03. The Morgan fingerprint density at radius 3 is 2.62 bits per heavy atom. The quantitative estimate of drug-likeness (QED) is 0.873. The molecule has 0 atom stereocenters. The molecule has 21 heavy (non-hydrogen) atoms. The Labute approximate surface area is 127 Å². The second-order valence-corrected chi connectivity index (χ2v) is 5.87. The molecule has 4 nitrogen and oxygen atoms in total. The zero-order chi connectivity index (χ0) is 15.1. The predicted octanol–water partition coefficient (Wildman–Crippen LogP) is 2.22. The molecule has 0 aliphatic carbocycles. The van der Waals surface area contributed by atoms with E-state index in [4.69, 9.17) is 4.74 Å². The summed E-state index contributed by atoms with van der Waals surface area (Å²) < 4.78 is 5.67. The van der Waals surface area contributed by atoms with E-state index >= 15 is 0 Å². The highest BCUT2D eigenvalue weighted by molar-refractivity contribution is 5.76. The minimum atomic E-state index is 0.231. The summed E-state index contributed by atoms with van der Waals surface area (Å²) >= 11 is 0. The van der Waals surface area contributed by atoms with Crippen molar-refractivity contribution in [2.24, 2.45) is 5.92 Å². The van der Waals surface area contributed by atoms with Gasteiger partial charge in [-0.15, -0.1) is 0 Å². The molecule has 1 N–H and O–H groups in total. The van der Waals surface area contributed by atoms with Crippen LogP contribution in [-0.4, -0.2) is 44.1 Å². The molecule has 1 fully saturated rings. The molecule has 0 unspecified atom stereocenters. The van der Waals surface area contributed by atoms with Crippen LogP contribution >= 0.6 is 0 Å². The Morgan fingerprint density at radius 1 is 1.29 bits per heavy atom. The molecule has 0 spiro atoms. The van der Waals surface area contributed by atoms with Crippen LogP contribution < -0.4 is 10.1 Å². The number of hydrogen-bond acceptors (Lipinski definition) is 3. The zero-order valence-corrected chi connectivity index (χ0v) is 13.1. The first-order valence-electron chi connectivity index (χ1n) is 7.79. The highest BCUT2D eigenvalue weighted by Crippen LogP contribution is 2.17. The maximum atomic E-state index is 12.1. The van der Waals surface area contributed by atoms with Crippen molar-refractivity contribution in [3.8, 4) is 5.75 Å². The fourth-order valence-corrected chi connectivity index (χ4v) is 2.55. The van der Waals surface area contributed by atoms with E-state index in [2.05, 4.69) is 12.2 Å². The van der Waals surface area contributed by atoms with Crippen LogP contribution in [0.2, 0.25) is 0 Å². The zero-order valence-electron chi connectivity index (χ0n) is 13.1. The summed E-state index contributed by atoms with van der Waals surface area (Å²) in [5.41, 5.74) is 1.22. The third kappa shape index (κ3) is 5.38. The van der Waals surface area contributed by atoms with E-state index in [-0.39, 0.29) is 5.91 Å². The van der Waals surface area contributed by atoms with Crippen molar-refractivity contribution >= 4 is 5.91 Å². The largest absolute Gasteiger partial charge is 0.492 e. The van der Waals surface area contributed by atoms with Gasteiger partial charge >= 0.3 is 0 Å². The van der Waals surface area contributed by atoms with E-state index in [0.717, 1.165) is 31.7 Å². The van der Waals surface area contributed by atoms with Crippen LogP contribution in [0.15, 0.2) is 24.3 Å². The Morgan fingerprint density at radius 2 is 1.95 bits per heavy atom. The summed E-state index contributed by atoms with van der Waals surface area (Å²) in [4.78, 5) is 13.9. The van der Waals surface area contributed by atoms with E-state index in [1.165, 1.54) is 5.56 Å². The number of nitrogens with one attached hydrogen (secondary N) is 1. The summed E-state index contributed by atoms with van der Waals surface area (Å²) in [6, 6.07) is 7.99. The number of likely N-dealkylation sites (N-methyl/N-ethyl adjacent to an activating group) is 1. The van der Waals surface area contributed by atoms with Crippen molar-refractivity contribution in [3.63, 3.8) is 0 Å². The Bertz CT molecular complexity index is 439. The fraction of sp³-hybridized carbons (Fsp3) is 0.588. The maximum Gasteiger partial charge on any atom is 0.222 e. The van der Waals surface area contributed by atoms with Gasteiger partial charge in [0, 0.05) is 13.5 Å². The highest BCUT2D eigenvalue weighted by atomic mass is 16.5. The smallest absolute Gasteiger partial charge is 0.222 e. The SMILES string of the molecule is Cc1ccc(OCCN(C)C(=O)CC2CCNCC2)cc1. The van der Waals surface area contributed by atoms with E-state index in [1.54, 1.807) is 4.90 Å². The molecule has 1 aromatic rings. The number of carbonyl (C=O) groups excluding carboxylic acids is 1. The fourth-order valence-electron chi connectivity index (χ4n) is 2.55. The summed E-state index contributed by atoms with van der Waals surface area (Å²) in [6.07, 6.45) is 2.89. The minimum absolute atomic E-state index is 0.231. The van der Waals surface area contributed by atoms with Crippen molar-refractivity contribution in [1.29, 1.82) is 0 Å². The number of amides is 1. The maximum absolute atomic E-state index is 12.1. The van der Waals surface area contributed by atoms with E-state index < -0.39 is 0 Å². The highest BCUT2D eigenvalue weighted by Gasteiger charge is 2.18. The van der Waals surface area contributed by atoms with Crippen molar-refractivity contribution < 1.29 is 9.53 Å². The third-order valence-electron chi connectivity index (χ3n) is 4.06. The number of ether oxygens (including phenoxy) is 1. The molecule has 0 radical (unpaired) electrons. The molecule has 1 aromatic carbocycles. The average molecular weight is 290 g/mol. The van der Waals surface area contributed by atoms with Crippen LogP contribution in [0, 0.1) is 12.8 Å². The number of piperidine rings is 1. The molecule has 0 aromatic heterocycles. The van der Waals surface area contributed by atoms with Crippen LogP contribution in [0.25, 0.3) is 0 Å². The number of rotatable bonds is 6. The monoisotopic (exact) mass is 290 g/mol. The normalized spacial score (nSPS) is 15.7. The van der Waals surface area contributed by atoms with Crippen molar-refractivity contribution in [1.82, 2.24) is 10.2 Å². The first-order valence-corrected chi connectivity index (χ1v) is 7.79. The van der Waals surface area contributed by atoms with E-state index in [1.807, 2.05) is 31.3 Å². The van der Waals surface area contributed by atoms with Crippen LogP contribution in [0.4, 0.5) is 0 Å². The predicted molar refractivity (Wildman–Crippen MR) is 84.5 cm³/mol. The first kappa shape index (κ1) is 15.8. The Balaban J connectivity index is 1.67. The van der Waals surface area contributed by atoms with Crippen LogP contribution in [0.5, 0.6) is 5.75 Å². The van der Waals surface area contributed by atoms with E-state index in [0.29, 0.717) is 25.5 Å². The Kier molecular flexibility index (Phi) is 6.05. The van der Waals surface area contributed by atoms with Gasteiger partial charge in [-0.2, -0.15) is 0 Å². The summed E-state index contributed by atoms with van der Waals surface area (Å²) in [7, 11) is 1.86. The lowest BCUT2D eigenvalue weighted by molar-refractivity contribution is -0.131. The van der Waals surface area contributed by atoms with Crippen LogP contribution in [0.1, 0.15) is 24.8 Å². The van der Waals surface area contributed by atoms with Gasteiger partial charge in [-0.1, -0.05) is 17.7 Å². The topological polar surface area (TPSA) is 41.6 Å². The van der Waals surface area contributed by atoms with Gasteiger partial charge < -0.3 is 15.0 Å². The standard InChI is InChI=1S/C17H26N2O2/c1-14-3-5-16(6-4-14)21-12-11-19(2)17(20)13-15-7-9-18-10-8-15/h3-6,15,18H,7-13H2,1-2H3. The van der Waals surface area contributed by atoms with Gasteiger partial charge in [-0.25, -0.2) is 0 Å². The van der Waals surface area contributed by atoms with Gasteiger partial charge in [0.25, 0.3) is 0 Å².